The Bertz CT molecular complexity index is 859. The van der Waals surface area contributed by atoms with Crippen molar-refractivity contribution in [2.75, 3.05) is 25.1 Å². The average Bonchev–Trinajstić information content (AvgIpc) is 2.67. The number of hydrogen-bond donors (Lipinski definition) is 1. The van der Waals surface area contributed by atoms with E-state index in [0.717, 1.165) is 12.7 Å². The molecular weight excluding hydrogens is 353 g/mol. The zero-order valence-corrected chi connectivity index (χ0v) is 14.9. The summed E-state index contributed by atoms with van der Waals surface area (Å²) < 4.78 is 23.9. The minimum atomic E-state index is -0.813. The summed E-state index contributed by atoms with van der Waals surface area (Å²) in [6, 6.07) is 6.11. The number of benzene rings is 1. The molecule has 7 nitrogen and oxygen atoms in total. The second-order valence-corrected chi connectivity index (χ2v) is 6.24. The van der Waals surface area contributed by atoms with Gasteiger partial charge in [-0.15, -0.1) is 0 Å². The number of hydrogen-bond acceptors (Lipinski definition) is 6. The molecule has 142 valence electrons. The van der Waals surface area contributed by atoms with Crippen molar-refractivity contribution < 1.29 is 23.5 Å². The third-order valence-electron chi connectivity index (χ3n) is 4.49. The highest BCUT2D eigenvalue weighted by molar-refractivity contribution is 5.86. The monoisotopic (exact) mass is 373 g/mol. The number of halogens is 1. The lowest BCUT2D eigenvalue weighted by Gasteiger charge is -2.34. The highest BCUT2D eigenvalue weighted by atomic mass is 19.1. The van der Waals surface area contributed by atoms with Crippen LogP contribution in [-0.4, -0.2) is 43.7 Å². The van der Waals surface area contributed by atoms with Crippen LogP contribution in [-0.2, 0) is 4.74 Å². The van der Waals surface area contributed by atoms with Crippen molar-refractivity contribution in [2.45, 2.75) is 18.9 Å². The lowest BCUT2D eigenvalue weighted by atomic mass is 10.0. The van der Waals surface area contributed by atoms with E-state index in [-0.39, 0.29) is 11.9 Å². The van der Waals surface area contributed by atoms with Gasteiger partial charge in [0, 0.05) is 17.7 Å². The summed E-state index contributed by atoms with van der Waals surface area (Å²) in [5.74, 6) is -0.365. The molecule has 2 heterocycles. The first-order chi connectivity index (χ1) is 13.0. The summed E-state index contributed by atoms with van der Waals surface area (Å²) in [7, 11) is 1.39. The lowest BCUT2D eigenvalue weighted by Crippen LogP contribution is -2.41. The Morgan fingerprint density at radius 3 is 2.89 bits per heavy atom. The number of primary amides is 1. The summed E-state index contributed by atoms with van der Waals surface area (Å²) >= 11 is 0. The molecule has 1 amide bonds. The third kappa shape index (κ3) is 4.16. The average molecular weight is 373 g/mol. The molecule has 3 rings (SSSR count). The Morgan fingerprint density at radius 1 is 1.41 bits per heavy atom. The summed E-state index contributed by atoms with van der Waals surface area (Å²) in [6.07, 6.45) is 2.68. The van der Waals surface area contributed by atoms with Crippen LogP contribution < -0.4 is 15.4 Å². The van der Waals surface area contributed by atoms with E-state index in [1.807, 2.05) is 4.90 Å². The van der Waals surface area contributed by atoms with Crippen molar-refractivity contribution in [3.63, 3.8) is 0 Å². The van der Waals surface area contributed by atoms with Crippen LogP contribution in [0.5, 0.6) is 5.75 Å². The predicted octanol–water partition coefficient (Wildman–Crippen LogP) is 2.77. The number of aromatic nitrogens is 1. The van der Waals surface area contributed by atoms with Crippen molar-refractivity contribution in [3.05, 3.63) is 41.8 Å². The third-order valence-corrected chi connectivity index (χ3v) is 4.49. The largest absolute Gasteiger partial charge is 0.494 e. The van der Waals surface area contributed by atoms with Gasteiger partial charge in [-0.1, -0.05) is 0 Å². The van der Waals surface area contributed by atoms with Crippen molar-refractivity contribution in [2.24, 2.45) is 5.73 Å². The fourth-order valence-corrected chi connectivity index (χ4v) is 3.22. The Labute approximate surface area is 155 Å². The summed E-state index contributed by atoms with van der Waals surface area (Å²) in [4.78, 5) is 28.9. The molecule has 2 N–H and O–H groups in total. The highest BCUT2D eigenvalue weighted by Gasteiger charge is 2.24. The molecule has 1 unspecified atom stereocenters. The first-order valence-corrected chi connectivity index (χ1v) is 8.52. The van der Waals surface area contributed by atoms with Gasteiger partial charge < -0.3 is 20.1 Å². The van der Waals surface area contributed by atoms with Crippen LogP contribution in [0.3, 0.4) is 0 Å². The molecule has 1 fully saturated rings. The number of ether oxygens (including phenoxy) is 2. The van der Waals surface area contributed by atoms with Gasteiger partial charge in [0.05, 0.1) is 31.2 Å². The Balaban J connectivity index is 1.87. The standard InChI is InChI=1S/C19H20FN3O4/c1-26-18-5-4-12(7-15(18)20)16-8-13(11-24)17(9-22-16)23-6-2-3-14(10-23)27-19(21)25/h4-5,7-9,11,14H,2-3,6,10H2,1H3,(H2,21,25). The molecule has 2 aromatic rings. The van der Waals surface area contributed by atoms with Crippen LogP contribution in [0.2, 0.25) is 0 Å². The van der Waals surface area contributed by atoms with E-state index in [1.54, 1.807) is 18.3 Å². The number of carbonyl (C=O) groups excluding carboxylic acids is 2. The topological polar surface area (TPSA) is 94.7 Å². The van der Waals surface area contributed by atoms with Gasteiger partial charge in [-0.2, -0.15) is 0 Å². The van der Waals surface area contributed by atoms with E-state index in [0.29, 0.717) is 42.0 Å². The van der Waals surface area contributed by atoms with Crippen molar-refractivity contribution >= 4 is 18.1 Å². The van der Waals surface area contributed by atoms with Crippen LogP contribution in [0.25, 0.3) is 11.3 Å². The highest BCUT2D eigenvalue weighted by Crippen LogP contribution is 2.29. The van der Waals surface area contributed by atoms with E-state index in [4.69, 9.17) is 15.2 Å². The molecule has 1 aromatic carbocycles. The summed E-state index contributed by atoms with van der Waals surface area (Å²) in [6.45, 7) is 1.14. The molecule has 27 heavy (non-hydrogen) atoms. The van der Waals surface area contributed by atoms with Gasteiger partial charge >= 0.3 is 6.09 Å². The molecule has 1 aliphatic rings. The Hall–Kier alpha value is -3.16. The fourth-order valence-electron chi connectivity index (χ4n) is 3.22. The van der Waals surface area contributed by atoms with E-state index in [1.165, 1.54) is 19.2 Å². The number of methoxy groups -OCH3 is 1. The number of rotatable bonds is 5. The second-order valence-electron chi connectivity index (χ2n) is 6.24. The normalized spacial score (nSPS) is 16.7. The molecule has 8 heteroatoms. The molecule has 0 spiro atoms. The van der Waals surface area contributed by atoms with Crippen LogP contribution in [0.4, 0.5) is 14.9 Å². The number of amides is 1. The van der Waals surface area contributed by atoms with Gasteiger partial charge in [-0.05, 0) is 37.1 Å². The number of carbonyl (C=O) groups is 2. The van der Waals surface area contributed by atoms with E-state index in [9.17, 15) is 14.0 Å². The zero-order chi connectivity index (χ0) is 19.4. The molecule has 1 aromatic heterocycles. The van der Waals surface area contributed by atoms with Gasteiger partial charge in [0.15, 0.2) is 17.9 Å². The predicted molar refractivity (Wildman–Crippen MR) is 97.5 cm³/mol. The second kappa shape index (κ2) is 8.03. The molecule has 1 saturated heterocycles. The molecule has 0 saturated carbocycles. The summed E-state index contributed by atoms with van der Waals surface area (Å²) in [5.41, 5.74) is 7.17. The molecule has 1 aliphatic heterocycles. The smallest absolute Gasteiger partial charge is 0.404 e. The van der Waals surface area contributed by atoms with Gasteiger partial charge in [0.25, 0.3) is 0 Å². The van der Waals surface area contributed by atoms with E-state index in [2.05, 4.69) is 4.98 Å². The van der Waals surface area contributed by atoms with Gasteiger partial charge in [-0.3, -0.25) is 9.78 Å². The number of pyridine rings is 1. The number of piperidine rings is 1. The molecule has 1 atom stereocenters. The van der Waals surface area contributed by atoms with Crippen LogP contribution in [0.15, 0.2) is 30.5 Å². The zero-order valence-electron chi connectivity index (χ0n) is 14.9. The van der Waals surface area contributed by atoms with Crippen molar-refractivity contribution in [1.29, 1.82) is 0 Å². The van der Waals surface area contributed by atoms with Gasteiger partial charge in [0.1, 0.15) is 6.10 Å². The van der Waals surface area contributed by atoms with Crippen LogP contribution in [0.1, 0.15) is 23.2 Å². The Morgan fingerprint density at radius 2 is 2.22 bits per heavy atom. The number of aldehydes is 1. The first-order valence-electron chi connectivity index (χ1n) is 8.52. The maximum absolute atomic E-state index is 14.0. The number of anilines is 1. The van der Waals surface area contributed by atoms with Crippen molar-refractivity contribution in [3.8, 4) is 17.0 Å². The quantitative estimate of drug-likeness (QED) is 0.810. The van der Waals surface area contributed by atoms with Gasteiger partial charge in [-0.25, -0.2) is 9.18 Å². The maximum Gasteiger partial charge on any atom is 0.404 e. The maximum atomic E-state index is 14.0. The molecule has 0 radical (unpaired) electrons. The Kier molecular flexibility index (Phi) is 5.54. The molecule has 0 aliphatic carbocycles. The first kappa shape index (κ1) is 18.6. The fraction of sp³-hybridized carbons (Fsp3) is 0.316. The molecule has 0 bridgehead atoms. The van der Waals surface area contributed by atoms with Crippen LogP contribution >= 0.6 is 0 Å². The molecular formula is C19H20FN3O4. The SMILES string of the molecule is COc1ccc(-c2cc(C=O)c(N3CCCC(OC(N)=O)C3)cn2)cc1F. The van der Waals surface area contributed by atoms with E-state index >= 15 is 0 Å². The number of nitrogens with two attached hydrogens (primary N) is 1. The lowest BCUT2D eigenvalue weighted by molar-refractivity contribution is 0.0963. The van der Waals surface area contributed by atoms with Crippen molar-refractivity contribution in [1.82, 2.24) is 4.98 Å². The van der Waals surface area contributed by atoms with Crippen LogP contribution in [0, 0.1) is 5.82 Å². The van der Waals surface area contributed by atoms with Gasteiger partial charge in [0.2, 0.25) is 0 Å². The summed E-state index contributed by atoms with van der Waals surface area (Å²) in [5, 5.41) is 0. The minimum Gasteiger partial charge on any atom is -0.494 e. The van der Waals surface area contributed by atoms with E-state index < -0.39 is 11.9 Å². The number of nitrogens with zero attached hydrogens (tertiary/aromatic N) is 2. The minimum absolute atomic E-state index is 0.139.